The molecule has 8 heteroatoms. The summed E-state index contributed by atoms with van der Waals surface area (Å²) in [5.74, 6) is 1.66. The van der Waals surface area contributed by atoms with Gasteiger partial charge in [-0.25, -0.2) is 9.18 Å². The van der Waals surface area contributed by atoms with Crippen LogP contribution in [0.5, 0.6) is 0 Å². The Balaban J connectivity index is 1.39. The summed E-state index contributed by atoms with van der Waals surface area (Å²) in [5, 5.41) is 0. The van der Waals surface area contributed by atoms with E-state index in [2.05, 4.69) is 9.64 Å². The number of carbonyl (C=O) groups excluding carboxylic acids is 2. The van der Waals surface area contributed by atoms with E-state index in [0.717, 1.165) is 24.6 Å². The van der Waals surface area contributed by atoms with Crippen molar-refractivity contribution in [2.24, 2.45) is 5.41 Å². The molecule has 4 rings (SSSR count). The average molecular weight is 380 g/mol. The van der Waals surface area contributed by atoms with Gasteiger partial charge < -0.3 is 14.4 Å². The molecule has 0 radical (unpaired) electrons. The van der Waals surface area contributed by atoms with Crippen LogP contribution in [0.2, 0.25) is 0 Å². The number of amides is 1. The highest BCUT2D eigenvalue weighted by atomic mass is 32.2. The predicted molar refractivity (Wildman–Crippen MR) is 97.2 cm³/mol. The van der Waals surface area contributed by atoms with E-state index < -0.39 is 12.2 Å². The maximum Gasteiger partial charge on any atom is 0.414 e. The number of rotatable bonds is 5. The van der Waals surface area contributed by atoms with E-state index in [4.69, 9.17) is 4.74 Å². The number of cyclic esters (lactones) is 1. The number of carbonyl (C=O) groups is 2. The zero-order valence-electron chi connectivity index (χ0n) is 14.6. The van der Waals surface area contributed by atoms with Crippen molar-refractivity contribution in [3.63, 3.8) is 0 Å². The molecule has 0 N–H and O–H groups in total. The van der Waals surface area contributed by atoms with E-state index in [1.807, 2.05) is 11.8 Å². The maximum atomic E-state index is 14.6. The fraction of sp³-hybridized carbons (Fsp3) is 0.556. The molecule has 0 saturated carbocycles. The van der Waals surface area contributed by atoms with Gasteiger partial charge in [0.05, 0.1) is 25.0 Å². The minimum Gasteiger partial charge on any atom is -0.469 e. The molecule has 3 heterocycles. The van der Waals surface area contributed by atoms with Crippen molar-refractivity contribution in [2.45, 2.75) is 18.9 Å². The largest absolute Gasteiger partial charge is 0.469 e. The van der Waals surface area contributed by atoms with Crippen LogP contribution in [0.25, 0.3) is 0 Å². The Morgan fingerprint density at radius 3 is 2.81 bits per heavy atom. The van der Waals surface area contributed by atoms with Gasteiger partial charge in [0.15, 0.2) is 0 Å². The van der Waals surface area contributed by atoms with Gasteiger partial charge in [-0.2, -0.15) is 11.8 Å². The normalized spacial score (nSPS) is 23.5. The Morgan fingerprint density at radius 2 is 2.19 bits per heavy atom. The van der Waals surface area contributed by atoms with Crippen molar-refractivity contribution in [3.05, 3.63) is 24.0 Å². The van der Waals surface area contributed by atoms with Crippen LogP contribution in [0.3, 0.4) is 0 Å². The molecular weight excluding hydrogens is 359 g/mol. The van der Waals surface area contributed by atoms with Crippen molar-refractivity contribution in [3.8, 4) is 0 Å². The van der Waals surface area contributed by atoms with Crippen LogP contribution in [0, 0.1) is 11.2 Å². The number of halogens is 1. The minimum atomic E-state index is -0.513. The highest BCUT2D eigenvalue weighted by Gasteiger charge is 2.48. The van der Waals surface area contributed by atoms with Gasteiger partial charge in [-0.05, 0) is 24.6 Å². The second-order valence-corrected chi connectivity index (χ2v) is 8.20. The van der Waals surface area contributed by atoms with Crippen molar-refractivity contribution in [1.29, 1.82) is 0 Å². The standard InChI is InChI=1S/C18H21FN2O4S/c1-24-16(22)5-3-13-7-21(17(23)25-13)12-2-4-15(14(19)6-12)20-8-18(9-20)10-26-11-18/h2,4,6,13H,3,5,7-11H2,1H3/t13-/m0/s1. The predicted octanol–water partition coefficient (Wildman–Crippen LogP) is 2.66. The number of hydrogen-bond acceptors (Lipinski definition) is 6. The van der Waals surface area contributed by atoms with Gasteiger partial charge in [0, 0.05) is 36.4 Å². The first kappa shape index (κ1) is 17.5. The summed E-state index contributed by atoms with van der Waals surface area (Å²) in [6, 6.07) is 4.88. The number of hydrogen-bond donors (Lipinski definition) is 0. The van der Waals surface area contributed by atoms with Gasteiger partial charge in [-0.1, -0.05) is 0 Å². The summed E-state index contributed by atoms with van der Waals surface area (Å²) in [6.07, 6.45) is -0.328. The molecule has 1 spiro atoms. The molecule has 1 aromatic rings. The maximum absolute atomic E-state index is 14.6. The zero-order chi connectivity index (χ0) is 18.3. The monoisotopic (exact) mass is 380 g/mol. The summed E-state index contributed by atoms with van der Waals surface area (Å²) in [7, 11) is 1.32. The summed E-state index contributed by atoms with van der Waals surface area (Å²) in [6.45, 7) is 2.11. The molecule has 1 aromatic carbocycles. The molecule has 6 nitrogen and oxygen atoms in total. The van der Waals surface area contributed by atoms with Crippen LogP contribution in [0.1, 0.15) is 12.8 Å². The zero-order valence-corrected chi connectivity index (χ0v) is 15.4. The number of nitrogens with zero attached hydrogens (tertiary/aromatic N) is 2. The van der Waals surface area contributed by atoms with E-state index in [-0.39, 0.29) is 18.2 Å². The Morgan fingerprint density at radius 1 is 1.42 bits per heavy atom. The molecule has 1 amide bonds. The number of ether oxygens (including phenoxy) is 2. The molecule has 0 aromatic heterocycles. The van der Waals surface area contributed by atoms with Crippen LogP contribution in [-0.2, 0) is 14.3 Å². The molecule has 3 aliphatic rings. The number of esters is 1. The summed E-state index contributed by atoms with van der Waals surface area (Å²) < 4.78 is 24.4. The number of thioether (sulfide) groups is 1. The first-order chi connectivity index (χ1) is 12.5. The van der Waals surface area contributed by atoms with Crippen molar-refractivity contribution in [2.75, 3.05) is 48.0 Å². The molecule has 0 aliphatic carbocycles. The average Bonchev–Trinajstić information content (AvgIpc) is 2.92. The third-order valence-corrected chi connectivity index (χ3v) is 6.86. The minimum absolute atomic E-state index is 0.185. The lowest BCUT2D eigenvalue weighted by Crippen LogP contribution is -2.63. The second-order valence-electron chi connectivity index (χ2n) is 7.22. The van der Waals surface area contributed by atoms with Gasteiger partial charge in [-0.15, -0.1) is 0 Å². The molecule has 3 saturated heterocycles. The van der Waals surface area contributed by atoms with Gasteiger partial charge in [0.2, 0.25) is 0 Å². The van der Waals surface area contributed by atoms with Crippen LogP contribution < -0.4 is 9.80 Å². The molecule has 140 valence electrons. The van der Waals surface area contributed by atoms with Gasteiger partial charge in [-0.3, -0.25) is 9.69 Å². The van der Waals surface area contributed by atoms with E-state index >= 15 is 0 Å². The van der Waals surface area contributed by atoms with Crippen molar-refractivity contribution in [1.82, 2.24) is 0 Å². The third-order valence-electron chi connectivity index (χ3n) is 5.22. The number of methoxy groups -OCH3 is 1. The van der Waals surface area contributed by atoms with Gasteiger partial charge in [0.1, 0.15) is 11.9 Å². The first-order valence-electron chi connectivity index (χ1n) is 8.67. The topological polar surface area (TPSA) is 59.1 Å². The van der Waals surface area contributed by atoms with Crippen LogP contribution >= 0.6 is 11.8 Å². The van der Waals surface area contributed by atoms with Crippen LogP contribution in [-0.4, -0.2) is 56.4 Å². The smallest absolute Gasteiger partial charge is 0.414 e. The highest BCUT2D eigenvalue weighted by Crippen LogP contribution is 2.47. The molecule has 0 unspecified atom stereocenters. The SMILES string of the molecule is COC(=O)CC[C@H]1CN(c2ccc(N3CC4(CSC4)C3)c(F)c2)C(=O)O1. The molecule has 3 aliphatic heterocycles. The summed E-state index contributed by atoms with van der Waals surface area (Å²) >= 11 is 1.94. The quantitative estimate of drug-likeness (QED) is 0.732. The Bertz CT molecular complexity index is 732. The Labute approximate surface area is 155 Å². The fourth-order valence-electron chi connectivity index (χ4n) is 3.69. The lowest BCUT2D eigenvalue weighted by atomic mass is 9.82. The highest BCUT2D eigenvalue weighted by molar-refractivity contribution is 8.00. The molecule has 0 bridgehead atoms. The molecule has 3 fully saturated rings. The third kappa shape index (κ3) is 3.11. The fourth-order valence-corrected chi connectivity index (χ4v) is 4.84. The Kier molecular flexibility index (Phi) is 4.46. The second kappa shape index (κ2) is 6.64. The van der Waals surface area contributed by atoms with Crippen molar-refractivity contribution < 1.29 is 23.5 Å². The molecular formula is C18H21FN2O4S. The van der Waals surface area contributed by atoms with Crippen LogP contribution in [0.15, 0.2) is 18.2 Å². The molecule has 1 atom stereocenters. The lowest BCUT2D eigenvalue weighted by Gasteiger charge is -2.56. The van der Waals surface area contributed by atoms with Crippen molar-refractivity contribution >= 4 is 35.2 Å². The van der Waals surface area contributed by atoms with E-state index in [1.165, 1.54) is 18.1 Å². The Hall–Kier alpha value is -1.96. The first-order valence-corrected chi connectivity index (χ1v) is 9.82. The number of benzene rings is 1. The summed E-state index contributed by atoms with van der Waals surface area (Å²) in [4.78, 5) is 26.8. The van der Waals surface area contributed by atoms with Gasteiger partial charge in [0.25, 0.3) is 0 Å². The van der Waals surface area contributed by atoms with E-state index in [9.17, 15) is 14.0 Å². The van der Waals surface area contributed by atoms with Gasteiger partial charge >= 0.3 is 12.1 Å². The van der Waals surface area contributed by atoms with Crippen LogP contribution in [0.4, 0.5) is 20.6 Å². The number of anilines is 2. The summed E-state index contributed by atoms with van der Waals surface area (Å²) in [5.41, 5.74) is 1.46. The lowest BCUT2D eigenvalue weighted by molar-refractivity contribution is -0.141. The van der Waals surface area contributed by atoms with E-state index in [0.29, 0.717) is 29.8 Å². The molecule has 26 heavy (non-hydrogen) atoms. The van der Waals surface area contributed by atoms with E-state index in [1.54, 1.807) is 12.1 Å².